The monoisotopic (exact) mass is 491 g/mol. The fraction of sp³-hybridized carbons (Fsp3) is 0.231. The fourth-order valence-electron chi connectivity index (χ4n) is 3.90. The van der Waals surface area contributed by atoms with Crippen molar-refractivity contribution in [1.29, 1.82) is 0 Å². The number of carbonyl (C=O) groups excluding carboxylic acids is 2. The smallest absolute Gasteiger partial charge is 0.233 e. The Morgan fingerprint density at radius 3 is 2.16 bits per heavy atom. The van der Waals surface area contributed by atoms with Gasteiger partial charge in [-0.3, -0.25) is 9.59 Å². The molecule has 0 unspecified atom stereocenters. The van der Waals surface area contributed by atoms with Crippen molar-refractivity contribution in [2.45, 2.75) is 25.3 Å². The number of piperidine rings is 1. The van der Waals surface area contributed by atoms with Gasteiger partial charge in [0.05, 0.1) is 0 Å². The number of benzene rings is 3. The van der Waals surface area contributed by atoms with Crippen molar-refractivity contribution in [3.8, 4) is 11.1 Å². The molecule has 3 aromatic carbocycles. The zero-order chi connectivity index (χ0) is 22.3. The molecule has 0 aromatic heterocycles. The zero-order valence-corrected chi connectivity index (χ0v) is 19.3. The van der Waals surface area contributed by atoms with E-state index in [4.69, 9.17) is 0 Å². The van der Waals surface area contributed by atoms with Gasteiger partial charge < -0.3 is 15.5 Å². The summed E-state index contributed by atoms with van der Waals surface area (Å²) in [5.41, 5.74) is 3.96. The zero-order valence-electron chi connectivity index (χ0n) is 17.8. The molecule has 2 N–H and O–H groups in total. The van der Waals surface area contributed by atoms with E-state index in [0.717, 1.165) is 34.1 Å². The summed E-state index contributed by atoms with van der Waals surface area (Å²) in [6, 6.07) is 26.1. The lowest BCUT2D eigenvalue weighted by Gasteiger charge is -2.33. The Kier molecular flexibility index (Phi) is 7.22. The van der Waals surface area contributed by atoms with Crippen LogP contribution in [-0.2, 0) is 9.59 Å². The van der Waals surface area contributed by atoms with E-state index in [9.17, 15) is 9.59 Å². The van der Waals surface area contributed by atoms with Gasteiger partial charge in [-0.15, -0.1) is 0 Å². The van der Waals surface area contributed by atoms with E-state index in [1.807, 2.05) is 78.9 Å². The second-order valence-corrected chi connectivity index (χ2v) is 8.80. The van der Waals surface area contributed by atoms with Gasteiger partial charge in [-0.05, 0) is 64.2 Å². The van der Waals surface area contributed by atoms with E-state index in [1.54, 1.807) is 4.90 Å². The number of likely N-dealkylation sites (tertiary alicyclic amines) is 1. The lowest BCUT2D eigenvalue weighted by molar-refractivity contribution is -0.135. The molecule has 1 fully saturated rings. The summed E-state index contributed by atoms with van der Waals surface area (Å²) in [5.74, 6) is -0.404. The van der Waals surface area contributed by atoms with Crippen molar-refractivity contribution in [1.82, 2.24) is 4.90 Å². The summed E-state index contributed by atoms with van der Waals surface area (Å²) in [6.07, 6.45) is 1.58. The Labute approximate surface area is 197 Å². The predicted octanol–water partition coefficient (Wildman–Crippen LogP) is 5.55. The summed E-state index contributed by atoms with van der Waals surface area (Å²) in [7, 11) is 0. The number of halogens is 1. The molecule has 1 aliphatic rings. The number of hydrogen-bond acceptors (Lipinski definition) is 3. The van der Waals surface area contributed by atoms with Gasteiger partial charge in [0.2, 0.25) is 11.8 Å². The maximum atomic E-state index is 12.6. The second-order valence-electron chi connectivity index (χ2n) is 7.95. The molecule has 0 bridgehead atoms. The first kappa shape index (κ1) is 22.1. The van der Waals surface area contributed by atoms with Gasteiger partial charge >= 0.3 is 0 Å². The molecular formula is C26H26BrN3O2. The van der Waals surface area contributed by atoms with Crippen molar-refractivity contribution in [3.05, 3.63) is 83.3 Å². The van der Waals surface area contributed by atoms with Gasteiger partial charge in [-0.1, -0.05) is 54.6 Å². The van der Waals surface area contributed by atoms with Crippen LogP contribution in [-0.4, -0.2) is 35.8 Å². The van der Waals surface area contributed by atoms with E-state index in [2.05, 4.69) is 26.6 Å². The third-order valence-corrected chi connectivity index (χ3v) is 6.36. The predicted molar refractivity (Wildman–Crippen MR) is 132 cm³/mol. The van der Waals surface area contributed by atoms with Crippen LogP contribution in [0.15, 0.2) is 83.3 Å². The standard InChI is InChI=1S/C26H26BrN3O2/c27-23-8-4-5-9-24(23)28-22-14-16-30(17-15-22)26(32)18-25(31)29-21-12-10-20(11-13-21)19-6-2-1-3-7-19/h1-13,22,28H,14-18H2,(H,29,31). The number of hydrogen-bond donors (Lipinski definition) is 2. The maximum absolute atomic E-state index is 12.6. The van der Waals surface area contributed by atoms with Crippen LogP contribution in [0.2, 0.25) is 0 Å². The van der Waals surface area contributed by atoms with Gasteiger partial charge in [-0.25, -0.2) is 0 Å². The van der Waals surface area contributed by atoms with Gasteiger partial charge in [0, 0.05) is 35.0 Å². The second kappa shape index (κ2) is 10.5. The first-order valence-corrected chi connectivity index (χ1v) is 11.6. The first-order valence-electron chi connectivity index (χ1n) is 10.8. The number of nitrogens with one attached hydrogen (secondary N) is 2. The Bertz CT molecular complexity index is 1060. The van der Waals surface area contributed by atoms with Gasteiger partial charge in [0.25, 0.3) is 0 Å². The topological polar surface area (TPSA) is 61.4 Å². The minimum atomic E-state index is -0.282. The quantitative estimate of drug-likeness (QED) is 0.444. The molecule has 6 heteroatoms. The van der Waals surface area contributed by atoms with Crippen LogP contribution in [0.3, 0.4) is 0 Å². The van der Waals surface area contributed by atoms with E-state index in [0.29, 0.717) is 24.8 Å². The Balaban J connectivity index is 1.24. The lowest BCUT2D eigenvalue weighted by Crippen LogP contribution is -2.43. The minimum Gasteiger partial charge on any atom is -0.381 e. The molecule has 0 saturated carbocycles. The molecule has 32 heavy (non-hydrogen) atoms. The summed E-state index contributed by atoms with van der Waals surface area (Å²) >= 11 is 3.56. The number of anilines is 2. The molecule has 3 aromatic rings. The van der Waals surface area contributed by atoms with Crippen molar-refractivity contribution >= 4 is 39.1 Å². The number of para-hydroxylation sites is 1. The molecule has 5 nitrogen and oxygen atoms in total. The van der Waals surface area contributed by atoms with Crippen molar-refractivity contribution in [3.63, 3.8) is 0 Å². The number of carbonyl (C=O) groups is 2. The summed E-state index contributed by atoms with van der Waals surface area (Å²) in [6.45, 7) is 1.31. The third-order valence-electron chi connectivity index (χ3n) is 5.67. The third kappa shape index (κ3) is 5.77. The number of rotatable bonds is 6. The highest BCUT2D eigenvalue weighted by Crippen LogP contribution is 2.25. The lowest BCUT2D eigenvalue weighted by atomic mass is 10.0. The molecule has 4 rings (SSSR count). The Morgan fingerprint density at radius 1 is 0.844 bits per heavy atom. The molecule has 0 spiro atoms. The molecule has 164 valence electrons. The van der Waals surface area contributed by atoms with Crippen LogP contribution in [0.4, 0.5) is 11.4 Å². The van der Waals surface area contributed by atoms with E-state index < -0.39 is 0 Å². The molecule has 1 saturated heterocycles. The van der Waals surface area contributed by atoms with Crippen molar-refractivity contribution in [2.24, 2.45) is 0 Å². The highest BCUT2D eigenvalue weighted by Gasteiger charge is 2.24. The van der Waals surface area contributed by atoms with Gasteiger partial charge in [0.15, 0.2) is 0 Å². The largest absolute Gasteiger partial charge is 0.381 e. The van der Waals surface area contributed by atoms with Gasteiger partial charge in [-0.2, -0.15) is 0 Å². The van der Waals surface area contributed by atoms with Gasteiger partial charge in [0.1, 0.15) is 6.42 Å². The average molecular weight is 492 g/mol. The van der Waals surface area contributed by atoms with Crippen LogP contribution in [0.25, 0.3) is 11.1 Å². The molecule has 1 heterocycles. The molecule has 0 aliphatic carbocycles. The highest BCUT2D eigenvalue weighted by atomic mass is 79.9. The average Bonchev–Trinajstić information content (AvgIpc) is 2.82. The molecular weight excluding hydrogens is 466 g/mol. The van der Waals surface area contributed by atoms with Crippen molar-refractivity contribution in [2.75, 3.05) is 23.7 Å². The van der Waals surface area contributed by atoms with E-state index in [1.165, 1.54) is 0 Å². The number of amides is 2. The summed E-state index contributed by atoms with van der Waals surface area (Å²) < 4.78 is 1.03. The van der Waals surface area contributed by atoms with Crippen molar-refractivity contribution < 1.29 is 9.59 Å². The van der Waals surface area contributed by atoms with Crippen LogP contribution in [0.1, 0.15) is 19.3 Å². The minimum absolute atomic E-state index is 0.122. The van der Waals surface area contributed by atoms with Crippen LogP contribution in [0, 0.1) is 0 Å². The van der Waals surface area contributed by atoms with Crippen LogP contribution in [0.5, 0.6) is 0 Å². The molecule has 0 radical (unpaired) electrons. The Morgan fingerprint density at radius 2 is 1.47 bits per heavy atom. The van der Waals surface area contributed by atoms with E-state index >= 15 is 0 Å². The highest BCUT2D eigenvalue weighted by molar-refractivity contribution is 9.10. The molecule has 2 amide bonds. The maximum Gasteiger partial charge on any atom is 0.233 e. The molecule has 1 aliphatic heterocycles. The summed E-state index contributed by atoms with van der Waals surface area (Å²) in [5, 5.41) is 6.37. The normalized spacial score (nSPS) is 14.1. The van der Waals surface area contributed by atoms with Crippen LogP contribution >= 0.6 is 15.9 Å². The SMILES string of the molecule is O=C(CC(=O)N1CCC(Nc2ccccc2Br)CC1)Nc1ccc(-c2ccccc2)cc1. The molecule has 0 atom stereocenters. The Hall–Kier alpha value is -3.12. The van der Waals surface area contributed by atoms with E-state index in [-0.39, 0.29) is 18.2 Å². The van der Waals surface area contributed by atoms with Crippen LogP contribution < -0.4 is 10.6 Å². The fourth-order valence-corrected chi connectivity index (χ4v) is 4.30. The first-order chi connectivity index (χ1) is 15.6. The summed E-state index contributed by atoms with van der Waals surface area (Å²) in [4.78, 5) is 26.8. The number of nitrogens with zero attached hydrogens (tertiary/aromatic N) is 1.